The average molecular weight is 349 g/mol. The van der Waals surface area contributed by atoms with E-state index in [1.54, 1.807) is 23.9 Å². The van der Waals surface area contributed by atoms with Crippen LogP contribution in [0.1, 0.15) is 48.9 Å². The lowest BCUT2D eigenvalue weighted by Gasteiger charge is -2.23. The highest BCUT2D eigenvalue weighted by Gasteiger charge is 2.24. The zero-order valence-corrected chi connectivity index (χ0v) is 15.1. The van der Waals surface area contributed by atoms with Gasteiger partial charge in [0, 0.05) is 5.56 Å². The van der Waals surface area contributed by atoms with Crippen LogP contribution in [-0.2, 0) is 9.53 Å². The number of hydrogen-bond acceptors (Lipinski definition) is 4. The molecule has 2 rings (SSSR count). The van der Waals surface area contributed by atoms with Gasteiger partial charge in [-0.05, 0) is 49.3 Å². The molecule has 1 unspecified atom stereocenters. The summed E-state index contributed by atoms with van der Waals surface area (Å²) < 4.78 is 5.51. The molecule has 1 aliphatic rings. The first-order chi connectivity index (χ1) is 11.7. The molecule has 1 fully saturated rings. The first-order valence-electron chi connectivity index (χ1n) is 8.72. The number of hydrogen-bond donors (Lipinski definition) is 1. The van der Waals surface area contributed by atoms with Crippen LogP contribution in [0, 0.1) is 5.92 Å². The van der Waals surface area contributed by atoms with Crippen LogP contribution < -0.4 is 5.32 Å². The predicted molar refractivity (Wildman–Crippen MR) is 98.2 cm³/mol. The Kier molecular flexibility index (Phi) is 8.16. The molecule has 0 radical (unpaired) electrons. The van der Waals surface area contributed by atoms with E-state index < -0.39 is 6.04 Å². The minimum Gasteiger partial charge on any atom is -0.464 e. The number of benzene rings is 1. The first kappa shape index (κ1) is 18.8. The van der Waals surface area contributed by atoms with E-state index in [9.17, 15) is 9.59 Å². The third-order valence-corrected chi connectivity index (χ3v) is 5.07. The molecule has 5 heteroatoms. The van der Waals surface area contributed by atoms with Crippen LogP contribution >= 0.6 is 11.8 Å². The van der Waals surface area contributed by atoms with Gasteiger partial charge in [0.1, 0.15) is 6.04 Å². The number of rotatable bonds is 8. The second-order valence-corrected chi connectivity index (χ2v) is 7.29. The van der Waals surface area contributed by atoms with Gasteiger partial charge in [-0.3, -0.25) is 4.79 Å². The highest BCUT2D eigenvalue weighted by atomic mass is 32.2. The summed E-state index contributed by atoms with van der Waals surface area (Å²) >= 11 is 1.66. The highest BCUT2D eigenvalue weighted by molar-refractivity contribution is 7.98. The van der Waals surface area contributed by atoms with Gasteiger partial charge < -0.3 is 10.1 Å². The lowest BCUT2D eigenvalue weighted by atomic mass is 9.90. The normalized spacial score (nSPS) is 16.4. The van der Waals surface area contributed by atoms with E-state index in [0.717, 1.165) is 18.6 Å². The van der Waals surface area contributed by atoms with E-state index in [-0.39, 0.29) is 11.9 Å². The van der Waals surface area contributed by atoms with Crippen LogP contribution in [0.4, 0.5) is 0 Å². The van der Waals surface area contributed by atoms with Crippen molar-refractivity contribution in [3.63, 3.8) is 0 Å². The molecular formula is C19H27NO3S. The Bertz CT molecular complexity index is 515. The molecule has 0 bridgehead atoms. The van der Waals surface area contributed by atoms with Crippen molar-refractivity contribution in [1.82, 2.24) is 5.32 Å². The Morgan fingerprint density at radius 1 is 1.21 bits per heavy atom. The number of esters is 1. The van der Waals surface area contributed by atoms with Crippen LogP contribution in [0.2, 0.25) is 0 Å². The van der Waals surface area contributed by atoms with E-state index in [2.05, 4.69) is 5.32 Å². The molecule has 1 aromatic carbocycles. The van der Waals surface area contributed by atoms with Gasteiger partial charge in [-0.25, -0.2) is 4.79 Å². The molecule has 1 atom stereocenters. The molecule has 1 aliphatic carbocycles. The summed E-state index contributed by atoms with van der Waals surface area (Å²) in [7, 11) is 0. The molecule has 1 saturated carbocycles. The fraction of sp³-hybridized carbons (Fsp3) is 0.579. The Morgan fingerprint density at radius 2 is 1.92 bits per heavy atom. The van der Waals surface area contributed by atoms with Crippen LogP contribution in [0.3, 0.4) is 0 Å². The quantitative estimate of drug-likeness (QED) is 0.728. The molecule has 1 N–H and O–H groups in total. The third kappa shape index (κ3) is 6.19. The van der Waals surface area contributed by atoms with Crippen LogP contribution in [-0.4, -0.2) is 36.5 Å². The van der Waals surface area contributed by atoms with Crippen molar-refractivity contribution in [3.05, 3.63) is 35.9 Å². The SMILES string of the molecule is CSCCC(NC(=O)c1ccccc1)C(=O)OCC1CCCCC1. The van der Waals surface area contributed by atoms with Crippen LogP contribution in [0.25, 0.3) is 0 Å². The first-order valence-corrected chi connectivity index (χ1v) is 10.1. The van der Waals surface area contributed by atoms with Crippen molar-refractivity contribution < 1.29 is 14.3 Å². The molecule has 24 heavy (non-hydrogen) atoms. The lowest BCUT2D eigenvalue weighted by molar-refractivity contribution is -0.147. The Morgan fingerprint density at radius 3 is 2.58 bits per heavy atom. The van der Waals surface area contributed by atoms with Crippen LogP contribution in [0.15, 0.2) is 30.3 Å². The molecule has 0 heterocycles. The molecule has 1 amide bonds. The van der Waals surface area contributed by atoms with E-state index in [1.165, 1.54) is 19.3 Å². The van der Waals surface area contributed by atoms with Crippen molar-refractivity contribution in [1.29, 1.82) is 0 Å². The molecule has 0 aliphatic heterocycles. The molecule has 4 nitrogen and oxygen atoms in total. The Balaban J connectivity index is 1.88. The number of amides is 1. The van der Waals surface area contributed by atoms with E-state index >= 15 is 0 Å². The second-order valence-electron chi connectivity index (χ2n) is 6.31. The van der Waals surface area contributed by atoms with Gasteiger partial charge in [-0.2, -0.15) is 11.8 Å². The summed E-state index contributed by atoms with van der Waals surface area (Å²) in [5.74, 6) is 0.752. The van der Waals surface area contributed by atoms with Gasteiger partial charge in [-0.15, -0.1) is 0 Å². The van der Waals surface area contributed by atoms with Gasteiger partial charge in [0.05, 0.1) is 6.61 Å². The zero-order valence-electron chi connectivity index (χ0n) is 14.3. The zero-order chi connectivity index (χ0) is 17.2. The minimum absolute atomic E-state index is 0.226. The van der Waals surface area contributed by atoms with Gasteiger partial charge in [0.15, 0.2) is 0 Å². The predicted octanol–water partition coefficient (Wildman–Crippen LogP) is 3.66. The largest absolute Gasteiger partial charge is 0.464 e. The topological polar surface area (TPSA) is 55.4 Å². The van der Waals surface area contributed by atoms with Crippen molar-refractivity contribution in [2.75, 3.05) is 18.6 Å². The number of carbonyl (C=O) groups excluding carboxylic acids is 2. The molecule has 0 aromatic heterocycles. The second kappa shape index (κ2) is 10.4. The highest BCUT2D eigenvalue weighted by Crippen LogP contribution is 2.23. The van der Waals surface area contributed by atoms with E-state index in [4.69, 9.17) is 4.74 Å². The molecule has 0 spiro atoms. The summed E-state index contributed by atoms with van der Waals surface area (Å²) in [6, 6.07) is 8.40. The number of carbonyl (C=O) groups is 2. The van der Waals surface area contributed by atoms with Crippen molar-refractivity contribution in [2.45, 2.75) is 44.6 Å². The fourth-order valence-corrected chi connectivity index (χ4v) is 3.44. The maximum atomic E-state index is 12.4. The Labute approximate surface area is 148 Å². The third-order valence-electron chi connectivity index (χ3n) is 4.42. The summed E-state index contributed by atoms with van der Waals surface area (Å²) in [5.41, 5.74) is 0.562. The monoisotopic (exact) mass is 349 g/mol. The van der Waals surface area contributed by atoms with Crippen molar-refractivity contribution in [3.8, 4) is 0 Å². The van der Waals surface area contributed by atoms with Crippen molar-refractivity contribution >= 4 is 23.6 Å². The van der Waals surface area contributed by atoms with E-state index in [0.29, 0.717) is 24.5 Å². The van der Waals surface area contributed by atoms with Gasteiger partial charge in [0.25, 0.3) is 5.91 Å². The van der Waals surface area contributed by atoms with Gasteiger partial charge >= 0.3 is 5.97 Å². The van der Waals surface area contributed by atoms with Crippen molar-refractivity contribution in [2.24, 2.45) is 5.92 Å². The summed E-state index contributed by atoms with van der Waals surface area (Å²) in [6.07, 6.45) is 8.59. The Hall–Kier alpha value is -1.49. The summed E-state index contributed by atoms with van der Waals surface area (Å²) in [4.78, 5) is 24.7. The molecule has 1 aromatic rings. The number of ether oxygens (including phenoxy) is 1. The maximum absolute atomic E-state index is 12.4. The van der Waals surface area contributed by atoms with Gasteiger partial charge in [0.2, 0.25) is 0 Å². The molecule has 132 valence electrons. The minimum atomic E-state index is -0.575. The fourth-order valence-electron chi connectivity index (χ4n) is 2.97. The number of thioether (sulfide) groups is 1. The van der Waals surface area contributed by atoms with Gasteiger partial charge in [-0.1, -0.05) is 37.5 Å². The molecular weight excluding hydrogens is 322 g/mol. The summed E-state index contributed by atoms with van der Waals surface area (Å²) in [5, 5.41) is 2.83. The smallest absolute Gasteiger partial charge is 0.328 e. The standard InChI is InChI=1S/C19H27NO3S/c1-24-13-12-17(20-18(21)16-10-6-3-7-11-16)19(22)23-14-15-8-4-2-5-9-15/h3,6-7,10-11,15,17H,2,4-5,8-9,12-14H2,1H3,(H,20,21). The summed E-state index contributed by atoms with van der Waals surface area (Å²) in [6.45, 7) is 0.482. The van der Waals surface area contributed by atoms with E-state index in [1.807, 2.05) is 24.5 Å². The lowest BCUT2D eigenvalue weighted by Crippen LogP contribution is -2.42. The number of nitrogens with one attached hydrogen (secondary N) is 1. The average Bonchev–Trinajstić information content (AvgIpc) is 2.64. The van der Waals surface area contributed by atoms with Crippen LogP contribution in [0.5, 0.6) is 0 Å². The maximum Gasteiger partial charge on any atom is 0.328 e. The molecule has 0 saturated heterocycles.